The largest absolute Gasteiger partial charge is 0.509 e. The van der Waals surface area contributed by atoms with Crippen LogP contribution in [0.3, 0.4) is 0 Å². The molecule has 0 unspecified atom stereocenters. The Balaban J connectivity index is 1.87. The molecule has 0 bridgehead atoms. The number of nitrogen functional groups attached to an aromatic ring is 1. The van der Waals surface area contributed by atoms with Gasteiger partial charge in [0.1, 0.15) is 18.1 Å². The van der Waals surface area contributed by atoms with Crippen molar-refractivity contribution in [2.45, 2.75) is 0 Å². The molecule has 0 spiro atoms. The number of nitrogens with one attached hydrogen (secondary N) is 1. The lowest BCUT2D eigenvalue weighted by Gasteiger charge is -2.07. The van der Waals surface area contributed by atoms with Crippen molar-refractivity contribution in [3.05, 3.63) is 54.8 Å². The van der Waals surface area contributed by atoms with Gasteiger partial charge in [-0.25, -0.2) is 0 Å². The molecule has 4 N–H and O–H groups in total. The van der Waals surface area contributed by atoms with Crippen LogP contribution >= 0.6 is 0 Å². The van der Waals surface area contributed by atoms with E-state index in [1.807, 2.05) is 42.5 Å². The van der Waals surface area contributed by atoms with Crippen molar-refractivity contribution in [2.24, 2.45) is 0 Å². The molecule has 0 aliphatic heterocycles. The molecule has 3 aromatic rings. The van der Waals surface area contributed by atoms with E-state index in [1.54, 1.807) is 0 Å². The number of nitrogens with zero attached hydrogens (tertiary/aromatic N) is 1. The fourth-order valence-corrected chi connectivity index (χ4v) is 2.12. The predicted molar refractivity (Wildman–Crippen MR) is 83.2 cm³/mol. The maximum atomic E-state index is 9.01. The molecule has 5 heteroatoms. The topological polar surface area (TPSA) is 84.2 Å². The third kappa shape index (κ3) is 2.67. The van der Waals surface area contributed by atoms with Gasteiger partial charge in [-0.2, -0.15) is 5.10 Å². The van der Waals surface area contributed by atoms with Crippen molar-refractivity contribution in [1.29, 1.82) is 0 Å². The van der Waals surface area contributed by atoms with Crippen LogP contribution < -0.4 is 10.5 Å². The van der Waals surface area contributed by atoms with Gasteiger partial charge in [0.25, 0.3) is 0 Å². The molecule has 0 fully saturated rings. The van der Waals surface area contributed by atoms with E-state index in [1.165, 1.54) is 0 Å². The van der Waals surface area contributed by atoms with Crippen LogP contribution in [0.5, 0.6) is 5.75 Å². The molecular weight excluding hydrogens is 266 g/mol. The van der Waals surface area contributed by atoms with Gasteiger partial charge in [-0.05, 0) is 35.4 Å². The Bertz CT molecular complexity index is 791. The van der Waals surface area contributed by atoms with Crippen LogP contribution in [0.25, 0.3) is 22.0 Å². The van der Waals surface area contributed by atoms with E-state index in [-0.39, 0.29) is 12.4 Å². The van der Waals surface area contributed by atoms with E-state index >= 15 is 0 Å². The van der Waals surface area contributed by atoms with Gasteiger partial charge < -0.3 is 15.6 Å². The highest BCUT2D eigenvalue weighted by Crippen LogP contribution is 2.27. The number of rotatable bonds is 4. The number of aromatic amines is 1. The molecule has 0 radical (unpaired) electrons. The summed E-state index contributed by atoms with van der Waals surface area (Å²) in [6.45, 7) is 3.47. The molecule has 3 rings (SSSR count). The van der Waals surface area contributed by atoms with E-state index in [0.29, 0.717) is 11.6 Å². The Labute approximate surface area is 121 Å². The quantitative estimate of drug-likeness (QED) is 0.641. The van der Waals surface area contributed by atoms with E-state index < -0.39 is 0 Å². The molecule has 1 aromatic heterocycles. The summed E-state index contributed by atoms with van der Waals surface area (Å²) in [6, 6.07) is 13.6. The molecule has 5 nitrogen and oxygen atoms in total. The van der Waals surface area contributed by atoms with Crippen molar-refractivity contribution in [2.75, 3.05) is 12.3 Å². The van der Waals surface area contributed by atoms with Crippen molar-refractivity contribution in [1.82, 2.24) is 10.2 Å². The summed E-state index contributed by atoms with van der Waals surface area (Å²) in [5.74, 6) is 1.17. The molecule has 0 saturated heterocycles. The maximum absolute atomic E-state index is 9.01. The highest BCUT2D eigenvalue weighted by Gasteiger charge is 2.05. The second-order valence-electron chi connectivity index (χ2n) is 4.75. The van der Waals surface area contributed by atoms with Gasteiger partial charge >= 0.3 is 0 Å². The number of aliphatic hydroxyl groups is 1. The lowest BCUT2D eigenvalue weighted by atomic mass is 10.0. The van der Waals surface area contributed by atoms with E-state index in [9.17, 15) is 0 Å². The highest BCUT2D eigenvalue weighted by atomic mass is 16.5. The number of benzene rings is 2. The van der Waals surface area contributed by atoms with Crippen LogP contribution in [0.4, 0.5) is 5.82 Å². The highest BCUT2D eigenvalue weighted by molar-refractivity contribution is 5.92. The molecule has 0 atom stereocenters. The summed E-state index contributed by atoms with van der Waals surface area (Å²) in [5.41, 5.74) is 8.83. The molecule has 0 amide bonds. The second kappa shape index (κ2) is 5.20. The number of hydrogen-bond acceptors (Lipinski definition) is 4. The minimum absolute atomic E-state index is 0.0000360. The Morgan fingerprint density at radius 3 is 2.62 bits per heavy atom. The van der Waals surface area contributed by atoms with Crippen molar-refractivity contribution in [3.8, 4) is 16.9 Å². The Morgan fingerprint density at radius 1 is 1.19 bits per heavy atom. The minimum atomic E-state index is -0.0000360. The van der Waals surface area contributed by atoms with Crippen molar-refractivity contribution >= 4 is 16.7 Å². The first-order valence-electron chi connectivity index (χ1n) is 6.47. The summed E-state index contributed by atoms with van der Waals surface area (Å²) in [4.78, 5) is 0. The second-order valence-corrected chi connectivity index (χ2v) is 4.75. The number of hydrogen-bond donors (Lipinski definition) is 3. The molecular formula is C16H15N3O2. The lowest BCUT2D eigenvalue weighted by Crippen LogP contribution is -1.98. The molecule has 21 heavy (non-hydrogen) atoms. The number of aromatic nitrogens is 2. The molecule has 0 aliphatic carbocycles. The number of aliphatic hydroxyl groups excluding tert-OH is 1. The zero-order chi connectivity index (χ0) is 14.8. The number of H-pyrrole nitrogens is 1. The number of anilines is 1. The Kier molecular flexibility index (Phi) is 3.23. The SMILES string of the molecule is C=C(O)COc1ccc(-c2ccc3[nH]nc(N)c3c2)cc1. The van der Waals surface area contributed by atoms with Crippen LogP contribution in [0.2, 0.25) is 0 Å². The van der Waals surface area contributed by atoms with E-state index in [2.05, 4.69) is 16.8 Å². The van der Waals surface area contributed by atoms with Crippen molar-refractivity contribution < 1.29 is 9.84 Å². The van der Waals surface area contributed by atoms with Crippen LogP contribution in [-0.4, -0.2) is 21.9 Å². The zero-order valence-corrected chi connectivity index (χ0v) is 11.3. The number of nitrogens with two attached hydrogens (primary N) is 1. The monoisotopic (exact) mass is 281 g/mol. The van der Waals surface area contributed by atoms with Crippen LogP contribution in [-0.2, 0) is 0 Å². The standard InChI is InChI=1S/C16H15N3O2/c1-10(20)9-21-13-5-2-11(3-6-13)12-4-7-15-14(8-12)16(17)19-18-15/h2-8,20H,1,9H2,(H3,17,18,19). The van der Waals surface area contributed by atoms with Gasteiger partial charge in [0.05, 0.1) is 5.52 Å². The average Bonchev–Trinajstić information content (AvgIpc) is 2.87. The average molecular weight is 281 g/mol. The smallest absolute Gasteiger partial charge is 0.153 e. The van der Waals surface area contributed by atoms with Crippen LogP contribution in [0.15, 0.2) is 54.8 Å². The zero-order valence-electron chi connectivity index (χ0n) is 11.3. The molecule has 106 valence electrons. The molecule has 0 saturated carbocycles. The third-order valence-electron chi connectivity index (χ3n) is 3.19. The third-order valence-corrected chi connectivity index (χ3v) is 3.19. The van der Waals surface area contributed by atoms with Crippen molar-refractivity contribution in [3.63, 3.8) is 0 Å². The van der Waals surface area contributed by atoms with Gasteiger partial charge in [-0.15, -0.1) is 0 Å². The predicted octanol–water partition coefficient (Wildman–Crippen LogP) is 3.26. The molecule has 0 aliphatic rings. The summed E-state index contributed by atoms with van der Waals surface area (Å²) in [6.07, 6.45) is 0. The first kappa shape index (κ1) is 13.1. The van der Waals surface area contributed by atoms with Crippen LogP contribution in [0.1, 0.15) is 0 Å². The first-order chi connectivity index (χ1) is 10.1. The summed E-state index contributed by atoms with van der Waals surface area (Å²) < 4.78 is 5.35. The summed E-state index contributed by atoms with van der Waals surface area (Å²) >= 11 is 0. The maximum Gasteiger partial charge on any atom is 0.153 e. The number of ether oxygens (including phenoxy) is 1. The van der Waals surface area contributed by atoms with Gasteiger partial charge in [-0.1, -0.05) is 24.8 Å². The van der Waals surface area contributed by atoms with E-state index in [0.717, 1.165) is 22.0 Å². The first-order valence-corrected chi connectivity index (χ1v) is 6.47. The Morgan fingerprint density at radius 2 is 1.90 bits per heavy atom. The molecule has 1 heterocycles. The lowest BCUT2D eigenvalue weighted by molar-refractivity contribution is 0.272. The van der Waals surface area contributed by atoms with Gasteiger partial charge in [-0.3, -0.25) is 5.10 Å². The summed E-state index contributed by atoms with van der Waals surface area (Å²) in [5, 5.41) is 16.8. The summed E-state index contributed by atoms with van der Waals surface area (Å²) in [7, 11) is 0. The number of fused-ring (bicyclic) bond motifs is 1. The van der Waals surface area contributed by atoms with Gasteiger partial charge in [0.15, 0.2) is 5.82 Å². The fraction of sp³-hybridized carbons (Fsp3) is 0.0625. The van der Waals surface area contributed by atoms with Crippen LogP contribution in [0, 0.1) is 0 Å². The van der Waals surface area contributed by atoms with Gasteiger partial charge in [0, 0.05) is 5.39 Å². The van der Waals surface area contributed by atoms with Gasteiger partial charge in [0.2, 0.25) is 0 Å². The molecule has 2 aromatic carbocycles. The van der Waals surface area contributed by atoms with E-state index in [4.69, 9.17) is 15.6 Å². The fourth-order valence-electron chi connectivity index (χ4n) is 2.12. The minimum Gasteiger partial charge on any atom is -0.509 e. The Hall–Kier alpha value is -2.95. The normalized spacial score (nSPS) is 10.7.